The lowest BCUT2D eigenvalue weighted by Crippen LogP contribution is -2.09. The molecule has 1 heterocycles. The largest absolute Gasteiger partial charge is 0.385 e. The monoisotopic (exact) mass is 314 g/mol. The molecule has 1 unspecified atom stereocenters. The molecule has 0 saturated carbocycles. The SMILES string of the molecule is OC(Cc1c(F)ccc(Br)c1F)c1ncccn1. The average molecular weight is 315 g/mol. The zero-order valence-electron chi connectivity index (χ0n) is 9.15. The van der Waals surface area contributed by atoms with E-state index in [4.69, 9.17) is 0 Å². The second-order valence-corrected chi connectivity index (χ2v) is 4.50. The summed E-state index contributed by atoms with van der Waals surface area (Å²) in [5, 5.41) is 9.84. The van der Waals surface area contributed by atoms with Crippen LogP contribution in [0.15, 0.2) is 35.1 Å². The van der Waals surface area contributed by atoms with Crippen molar-refractivity contribution in [1.29, 1.82) is 0 Å². The Morgan fingerprint density at radius 1 is 1.22 bits per heavy atom. The van der Waals surface area contributed by atoms with Crippen LogP contribution in [0.1, 0.15) is 17.5 Å². The Kier molecular flexibility index (Phi) is 3.98. The molecule has 2 aromatic rings. The molecule has 0 radical (unpaired) electrons. The van der Waals surface area contributed by atoms with Crippen molar-refractivity contribution < 1.29 is 13.9 Å². The number of hydrogen-bond acceptors (Lipinski definition) is 3. The van der Waals surface area contributed by atoms with Crippen LogP contribution < -0.4 is 0 Å². The summed E-state index contributed by atoms with van der Waals surface area (Å²) in [6.07, 6.45) is 1.55. The standard InChI is InChI=1S/C12H9BrF2N2O/c13-8-2-3-9(14)7(11(8)15)6-10(18)12-16-4-1-5-17-12/h1-5,10,18H,6H2. The summed E-state index contributed by atoms with van der Waals surface area (Å²) in [6.45, 7) is 0. The molecule has 0 spiro atoms. The molecule has 1 aromatic heterocycles. The summed E-state index contributed by atoms with van der Waals surface area (Å²) < 4.78 is 27.3. The van der Waals surface area contributed by atoms with Crippen LogP contribution in [0, 0.1) is 11.6 Å². The first-order chi connectivity index (χ1) is 8.59. The van der Waals surface area contributed by atoms with Crippen LogP contribution in [0.2, 0.25) is 0 Å². The number of aromatic nitrogens is 2. The Hall–Kier alpha value is -1.40. The lowest BCUT2D eigenvalue weighted by Gasteiger charge is -2.11. The van der Waals surface area contributed by atoms with E-state index in [9.17, 15) is 13.9 Å². The van der Waals surface area contributed by atoms with Gasteiger partial charge in [0, 0.05) is 24.4 Å². The number of rotatable bonds is 3. The van der Waals surface area contributed by atoms with Crippen LogP contribution in [0.3, 0.4) is 0 Å². The number of aliphatic hydroxyl groups excluding tert-OH is 1. The molecule has 1 aromatic carbocycles. The fourth-order valence-corrected chi connectivity index (χ4v) is 1.89. The van der Waals surface area contributed by atoms with Crippen LogP contribution in [0.4, 0.5) is 8.78 Å². The lowest BCUT2D eigenvalue weighted by atomic mass is 10.1. The van der Waals surface area contributed by atoms with E-state index in [2.05, 4.69) is 25.9 Å². The minimum atomic E-state index is -1.15. The average Bonchev–Trinajstić information content (AvgIpc) is 2.40. The molecule has 0 aliphatic carbocycles. The summed E-state index contributed by atoms with van der Waals surface area (Å²) in [4.78, 5) is 7.68. The fraction of sp³-hybridized carbons (Fsp3) is 0.167. The van der Waals surface area contributed by atoms with Crippen LogP contribution >= 0.6 is 15.9 Å². The van der Waals surface area contributed by atoms with Gasteiger partial charge in [0.2, 0.25) is 0 Å². The van der Waals surface area contributed by atoms with Gasteiger partial charge in [-0.3, -0.25) is 0 Å². The van der Waals surface area contributed by atoms with E-state index >= 15 is 0 Å². The van der Waals surface area contributed by atoms with E-state index in [1.807, 2.05) is 0 Å². The van der Waals surface area contributed by atoms with Crippen LogP contribution in [-0.4, -0.2) is 15.1 Å². The Morgan fingerprint density at radius 3 is 2.56 bits per heavy atom. The molecule has 2 rings (SSSR count). The van der Waals surface area contributed by atoms with E-state index in [1.54, 1.807) is 6.07 Å². The summed E-state index contributed by atoms with van der Waals surface area (Å²) in [5.41, 5.74) is -0.190. The van der Waals surface area contributed by atoms with Gasteiger partial charge in [-0.1, -0.05) is 0 Å². The molecular formula is C12H9BrF2N2O. The second kappa shape index (κ2) is 5.49. The highest BCUT2D eigenvalue weighted by Crippen LogP contribution is 2.25. The molecule has 1 atom stereocenters. The van der Waals surface area contributed by atoms with E-state index < -0.39 is 17.7 Å². The van der Waals surface area contributed by atoms with E-state index in [0.717, 1.165) is 6.07 Å². The fourth-order valence-electron chi connectivity index (χ4n) is 1.52. The van der Waals surface area contributed by atoms with Gasteiger partial charge in [-0.25, -0.2) is 18.7 Å². The van der Waals surface area contributed by atoms with E-state index in [-0.39, 0.29) is 22.3 Å². The molecule has 94 valence electrons. The molecule has 0 saturated heterocycles. The molecule has 6 heteroatoms. The zero-order valence-corrected chi connectivity index (χ0v) is 10.7. The minimum absolute atomic E-state index is 0.135. The van der Waals surface area contributed by atoms with E-state index in [1.165, 1.54) is 18.5 Å². The van der Waals surface area contributed by atoms with Crippen molar-refractivity contribution in [1.82, 2.24) is 9.97 Å². The second-order valence-electron chi connectivity index (χ2n) is 3.65. The van der Waals surface area contributed by atoms with Crippen molar-refractivity contribution in [2.24, 2.45) is 0 Å². The van der Waals surface area contributed by atoms with Gasteiger partial charge in [-0.2, -0.15) is 0 Å². The predicted molar refractivity (Wildman–Crippen MR) is 64.8 cm³/mol. The molecule has 3 nitrogen and oxygen atoms in total. The first-order valence-corrected chi connectivity index (χ1v) is 5.96. The van der Waals surface area contributed by atoms with Crippen LogP contribution in [0.25, 0.3) is 0 Å². The molecular weight excluding hydrogens is 306 g/mol. The Bertz CT molecular complexity index is 551. The third kappa shape index (κ3) is 2.70. The molecule has 0 fully saturated rings. The molecule has 1 N–H and O–H groups in total. The highest BCUT2D eigenvalue weighted by atomic mass is 79.9. The maximum atomic E-state index is 13.7. The quantitative estimate of drug-likeness (QED) is 0.886. The summed E-state index contributed by atoms with van der Waals surface area (Å²) in [7, 11) is 0. The third-order valence-corrected chi connectivity index (χ3v) is 3.03. The van der Waals surface area contributed by atoms with E-state index in [0.29, 0.717) is 0 Å². The van der Waals surface area contributed by atoms with Crippen molar-refractivity contribution in [3.05, 3.63) is 58.1 Å². The molecule has 0 bridgehead atoms. The van der Waals surface area contributed by atoms with Gasteiger partial charge < -0.3 is 5.11 Å². The minimum Gasteiger partial charge on any atom is -0.385 e. The van der Waals surface area contributed by atoms with Gasteiger partial charge in [0.25, 0.3) is 0 Å². The zero-order chi connectivity index (χ0) is 13.1. The number of benzene rings is 1. The third-order valence-electron chi connectivity index (χ3n) is 2.42. The number of hydrogen-bond donors (Lipinski definition) is 1. The highest BCUT2D eigenvalue weighted by molar-refractivity contribution is 9.10. The van der Waals surface area contributed by atoms with Crippen molar-refractivity contribution >= 4 is 15.9 Å². The molecule has 0 aliphatic heterocycles. The predicted octanol–water partition coefficient (Wildman–Crippen LogP) is 2.79. The van der Waals surface area contributed by atoms with Crippen molar-refractivity contribution in [2.45, 2.75) is 12.5 Å². The Balaban J connectivity index is 2.27. The van der Waals surface area contributed by atoms with Gasteiger partial charge in [-0.05, 0) is 34.1 Å². The van der Waals surface area contributed by atoms with Crippen molar-refractivity contribution in [3.63, 3.8) is 0 Å². The molecule has 18 heavy (non-hydrogen) atoms. The topological polar surface area (TPSA) is 46.0 Å². The normalized spacial score (nSPS) is 12.4. The number of aliphatic hydroxyl groups is 1. The maximum absolute atomic E-state index is 13.7. The first kappa shape index (κ1) is 13.0. The summed E-state index contributed by atoms with van der Waals surface area (Å²) >= 11 is 2.97. The highest BCUT2D eigenvalue weighted by Gasteiger charge is 2.18. The summed E-state index contributed by atoms with van der Waals surface area (Å²) in [5.74, 6) is -1.29. The van der Waals surface area contributed by atoms with Gasteiger partial charge in [0.1, 0.15) is 17.7 Å². The van der Waals surface area contributed by atoms with Gasteiger partial charge in [0.05, 0.1) is 4.47 Å². The van der Waals surface area contributed by atoms with Crippen LogP contribution in [0.5, 0.6) is 0 Å². The van der Waals surface area contributed by atoms with Gasteiger partial charge in [-0.15, -0.1) is 0 Å². The number of nitrogens with zero attached hydrogens (tertiary/aromatic N) is 2. The van der Waals surface area contributed by atoms with Gasteiger partial charge in [0.15, 0.2) is 5.82 Å². The first-order valence-electron chi connectivity index (χ1n) is 5.17. The molecule has 0 amide bonds. The van der Waals surface area contributed by atoms with Gasteiger partial charge >= 0.3 is 0 Å². The maximum Gasteiger partial charge on any atom is 0.157 e. The summed E-state index contributed by atoms with van der Waals surface area (Å²) in [6, 6.07) is 4.01. The number of halogens is 3. The Morgan fingerprint density at radius 2 is 1.89 bits per heavy atom. The molecule has 0 aliphatic rings. The lowest BCUT2D eigenvalue weighted by molar-refractivity contribution is 0.165. The smallest absolute Gasteiger partial charge is 0.157 e. The Labute approximate surface area is 111 Å². The van der Waals surface area contributed by atoms with Crippen molar-refractivity contribution in [2.75, 3.05) is 0 Å². The van der Waals surface area contributed by atoms with Crippen LogP contribution in [-0.2, 0) is 6.42 Å². The van der Waals surface area contributed by atoms with Crippen molar-refractivity contribution in [3.8, 4) is 0 Å².